The van der Waals surface area contributed by atoms with Crippen LogP contribution in [-0.2, 0) is 0 Å². The van der Waals surface area contributed by atoms with Crippen molar-refractivity contribution in [2.75, 3.05) is 4.90 Å². The van der Waals surface area contributed by atoms with Crippen LogP contribution in [0.25, 0.3) is 33.8 Å². The number of nitrogens with zero attached hydrogens (tertiary/aromatic N) is 4. The Labute approximate surface area is 208 Å². The number of pyridine rings is 1. The minimum atomic E-state index is 0.599. The third kappa shape index (κ3) is 4.08. The Hall–Kier alpha value is -5.21. The minimum absolute atomic E-state index is 0.599. The van der Waals surface area contributed by atoms with Crippen LogP contribution in [0.4, 0.5) is 17.1 Å². The zero-order valence-corrected chi connectivity index (χ0v) is 19.2. The average molecular weight is 465 g/mol. The molecule has 0 aliphatic heterocycles. The first-order valence-electron chi connectivity index (χ1n) is 11.6. The van der Waals surface area contributed by atoms with Crippen molar-refractivity contribution in [2.45, 2.75) is 0 Å². The minimum Gasteiger partial charge on any atom is -0.436 e. The molecule has 6 rings (SSSR count). The van der Waals surface area contributed by atoms with E-state index >= 15 is 0 Å². The topological polar surface area (TPSA) is 66.0 Å². The lowest BCUT2D eigenvalue weighted by atomic mass is 10.1. The van der Waals surface area contributed by atoms with E-state index in [2.05, 4.69) is 46.3 Å². The summed E-state index contributed by atoms with van der Waals surface area (Å²) >= 11 is 0. The molecule has 0 saturated carbocycles. The maximum absolute atomic E-state index is 9.05. The Morgan fingerprint density at radius 2 is 1.31 bits per heavy atom. The Bertz CT molecular complexity index is 1630. The highest BCUT2D eigenvalue weighted by molar-refractivity contribution is 5.79. The molecule has 5 heteroatoms. The maximum Gasteiger partial charge on any atom is 0.227 e. The first-order chi connectivity index (χ1) is 17.8. The van der Waals surface area contributed by atoms with Gasteiger partial charge in [-0.1, -0.05) is 42.5 Å². The molecule has 0 aliphatic carbocycles. The molecule has 0 aliphatic rings. The molecule has 0 unspecified atom stereocenters. The Morgan fingerprint density at radius 3 is 2.00 bits per heavy atom. The van der Waals surface area contributed by atoms with Crippen molar-refractivity contribution in [2.24, 2.45) is 0 Å². The van der Waals surface area contributed by atoms with E-state index in [4.69, 9.17) is 14.7 Å². The fourth-order valence-electron chi connectivity index (χ4n) is 4.18. The smallest absolute Gasteiger partial charge is 0.227 e. The fourth-order valence-corrected chi connectivity index (χ4v) is 4.18. The summed E-state index contributed by atoms with van der Waals surface area (Å²) < 4.78 is 5.94. The zero-order chi connectivity index (χ0) is 24.3. The average Bonchev–Trinajstić information content (AvgIpc) is 3.39. The molecule has 6 aromatic rings. The fraction of sp³-hybridized carbons (Fsp3) is 0. The van der Waals surface area contributed by atoms with Crippen molar-refractivity contribution in [3.63, 3.8) is 0 Å². The second-order valence-electron chi connectivity index (χ2n) is 8.30. The van der Waals surface area contributed by atoms with Gasteiger partial charge in [0.15, 0.2) is 5.58 Å². The second kappa shape index (κ2) is 9.21. The highest BCUT2D eigenvalue weighted by Gasteiger charge is 2.14. The third-order valence-corrected chi connectivity index (χ3v) is 6.00. The highest BCUT2D eigenvalue weighted by Crippen LogP contribution is 2.36. The molecule has 0 saturated heterocycles. The lowest BCUT2D eigenvalue weighted by Crippen LogP contribution is -2.10. The van der Waals surface area contributed by atoms with Gasteiger partial charge < -0.3 is 9.32 Å². The van der Waals surface area contributed by atoms with Crippen molar-refractivity contribution in [1.82, 2.24) is 9.97 Å². The zero-order valence-electron chi connectivity index (χ0n) is 19.2. The Morgan fingerprint density at radius 1 is 0.639 bits per heavy atom. The van der Waals surface area contributed by atoms with Crippen LogP contribution in [0.15, 0.2) is 126 Å². The van der Waals surface area contributed by atoms with E-state index in [1.54, 1.807) is 12.1 Å². The predicted octanol–water partition coefficient (Wildman–Crippen LogP) is 7.90. The summed E-state index contributed by atoms with van der Waals surface area (Å²) in [4.78, 5) is 11.5. The summed E-state index contributed by atoms with van der Waals surface area (Å²) in [7, 11) is 0. The molecule has 0 atom stereocenters. The summed E-state index contributed by atoms with van der Waals surface area (Å²) in [5.74, 6) is 0.599. The Balaban J connectivity index is 1.35. The van der Waals surface area contributed by atoms with Gasteiger partial charge in [0, 0.05) is 22.5 Å². The first-order valence-corrected chi connectivity index (χ1v) is 11.6. The van der Waals surface area contributed by atoms with Gasteiger partial charge >= 0.3 is 0 Å². The third-order valence-electron chi connectivity index (χ3n) is 6.00. The van der Waals surface area contributed by atoms with Gasteiger partial charge in [-0.2, -0.15) is 5.26 Å². The van der Waals surface area contributed by atoms with Crippen LogP contribution in [0, 0.1) is 11.3 Å². The lowest BCUT2D eigenvalue weighted by molar-refractivity contribution is 0.620. The number of benzene rings is 4. The van der Waals surface area contributed by atoms with E-state index in [-0.39, 0.29) is 0 Å². The number of para-hydroxylation sites is 3. The number of nitriles is 1. The molecular weight excluding hydrogens is 444 g/mol. The predicted molar refractivity (Wildman–Crippen MR) is 142 cm³/mol. The Kier molecular flexibility index (Phi) is 5.45. The molecule has 2 aromatic heterocycles. The van der Waals surface area contributed by atoms with Crippen molar-refractivity contribution >= 4 is 28.2 Å². The SMILES string of the molecule is N#Cc1ccc(-c2ccc(N(c3ccccc3)c3ccc(-c4nc5ccccc5o4)cc3)cn2)cc1. The molecular formula is C31H20N4O. The summed E-state index contributed by atoms with van der Waals surface area (Å²) in [6.07, 6.45) is 1.87. The largest absolute Gasteiger partial charge is 0.436 e. The van der Waals surface area contributed by atoms with E-state index < -0.39 is 0 Å². The van der Waals surface area contributed by atoms with Crippen molar-refractivity contribution in [1.29, 1.82) is 5.26 Å². The van der Waals surface area contributed by atoms with Gasteiger partial charge in [-0.05, 0) is 72.8 Å². The van der Waals surface area contributed by atoms with Crippen LogP contribution in [0.5, 0.6) is 0 Å². The van der Waals surface area contributed by atoms with E-state index in [1.165, 1.54) is 0 Å². The standard InChI is InChI=1S/C31H20N4O/c32-20-22-10-12-23(13-11-22)28-19-18-27(21-33-28)35(25-6-2-1-3-7-25)26-16-14-24(15-17-26)31-34-29-8-4-5-9-30(29)36-31/h1-19,21H. The van der Waals surface area contributed by atoms with Crippen molar-refractivity contribution in [3.8, 4) is 28.8 Å². The number of anilines is 3. The molecule has 36 heavy (non-hydrogen) atoms. The summed E-state index contributed by atoms with van der Waals surface area (Å²) in [6.45, 7) is 0. The van der Waals surface area contributed by atoms with E-state index in [0.29, 0.717) is 11.5 Å². The van der Waals surface area contributed by atoms with Crippen LogP contribution < -0.4 is 4.90 Å². The number of rotatable bonds is 5. The van der Waals surface area contributed by atoms with Gasteiger partial charge in [0.05, 0.1) is 29.2 Å². The van der Waals surface area contributed by atoms with E-state index in [1.807, 2.05) is 79.0 Å². The quantitative estimate of drug-likeness (QED) is 0.259. The number of hydrogen-bond acceptors (Lipinski definition) is 5. The molecule has 0 N–H and O–H groups in total. The maximum atomic E-state index is 9.05. The van der Waals surface area contributed by atoms with Gasteiger partial charge in [0.2, 0.25) is 5.89 Å². The van der Waals surface area contributed by atoms with E-state index in [9.17, 15) is 0 Å². The molecule has 0 radical (unpaired) electrons. The molecule has 2 heterocycles. The molecule has 0 fully saturated rings. The van der Waals surface area contributed by atoms with Crippen LogP contribution in [0.2, 0.25) is 0 Å². The monoisotopic (exact) mass is 464 g/mol. The molecule has 5 nitrogen and oxygen atoms in total. The van der Waals surface area contributed by atoms with Gasteiger partial charge in [-0.25, -0.2) is 4.98 Å². The van der Waals surface area contributed by atoms with Crippen LogP contribution in [-0.4, -0.2) is 9.97 Å². The molecule has 0 amide bonds. The first kappa shape index (κ1) is 21.3. The molecule has 0 bridgehead atoms. The van der Waals surface area contributed by atoms with Crippen LogP contribution in [0.1, 0.15) is 5.56 Å². The van der Waals surface area contributed by atoms with Crippen LogP contribution >= 0.6 is 0 Å². The van der Waals surface area contributed by atoms with Gasteiger partial charge in [0.25, 0.3) is 0 Å². The summed E-state index contributed by atoms with van der Waals surface area (Å²) in [6, 6.07) is 39.8. The second-order valence-corrected chi connectivity index (χ2v) is 8.30. The normalized spacial score (nSPS) is 10.8. The number of hydrogen-bond donors (Lipinski definition) is 0. The molecule has 170 valence electrons. The summed E-state index contributed by atoms with van der Waals surface area (Å²) in [5, 5.41) is 9.05. The van der Waals surface area contributed by atoms with Gasteiger partial charge in [-0.3, -0.25) is 4.98 Å². The number of aromatic nitrogens is 2. The summed E-state index contributed by atoms with van der Waals surface area (Å²) in [5.41, 5.74) is 7.94. The van der Waals surface area contributed by atoms with E-state index in [0.717, 1.165) is 45.0 Å². The lowest BCUT2D eigenvalue weighted by Gasteiger charge is -2.25. The van der Waals surface area contributed by atoms with Gasteiger partial charge in [-0.15, -0.1) is 0 Å². The van der Waals surface area contributed by atoms with Crippen molar-refractivity contribution in [3.05, 3.63) is 127 Å². The van der Waals surface area contributed by atoms with Gasteiger partial charge in [0.1, 0.15) is 5.52 Å². The molecule has 4 aromatic carbocycles. The van der Waals surface area contributed by atoms with Crippen LogP contribution in [0.3, 0.4) is 0 Å². The van der Waals surface area contributed by atoms with Crippen molar-refractivity contribution < 1.29 is 4.42 Å². The highest BCUT2D eigenvalue weighted by atomic mass is 16.3. The molecule has 0 spiro atoms. The number of oxazole rings is 1. The number of fused-ring (bicyclic) bond motifs is 1.